The standard InChI is InChI=1S/C22H27F3N2O5/c1-13-9-14-10-15(22(23,24)25)5-7-17(14)19(29)26-12-21(2,3)18(27-31-4)8-6-16(11-28)32-20(13)30/h5,7,10,16,28H,1,6,8-9,11-12H2,2-4H3,(H,26,29)/b27-18+. The highest BCUT2D eigenvalue weighted by Crippen LogP contribution is 2.31. The maximum atomic E-state index is 13.2. The van der Waals surface area contributed by atoms with E-state index in [-0.39, 0.29) is 36.1 Å². The molecule has 10 heteroatoms. The van der Waals surface area contributed by atoms with E-state index in [2.05, 4.69) is 17.1 Å². The number of nitrogens with zero attached hydrogens (tertiary/aromatic N) is 1. The van der Waals surface area contributed by atoms with Gasteiger partial charge in [0.1, 0.15) is 13.2 Å². The van der Waals surface area contributed by atoms with Crippen molar-refractivity contribution in [2.45, 2.75) is 45.4 Å². The van der Waals surface area contributed by atoms with Crippen LogP contribution in [-0.2, 0) is 27.0 Å². The lowest BCUT2D eigenvalue weighted by Gasteiger charge is -2.28. The third-order valence-electron chi connectivity index (χ3n) is 5.22. The fraction of sp³-hybridized carbons (Fsp3) is 0.500. The molecule has 2 N–H and O–H groups in total. The summed E-state index contributed by atoms with van der Waals surface area (Å²) in [5.41, 5.74) is -1.24. The number of nitrogens with one attached hydrogen (secondary N) is 1. The average Bonchev–Trinajstić information content (AvgIpc) is 2.72. The molecule has 176 valence electrons. The number of amides is 1. The topological polar surface area (TPSA) is 97.2 Å². The minimum atomic E-state index is -4.62. The van der Waals surface area contributed by atoms with E-state index >= 15 is 0 Å². The van der Waals surface area contributed by atoms with Gasteiger partial charge >= 0.3 is 12.1 Å². The first-order chi connectivity index (χ1) is 14.9. The molecule has 1 aliphatic heterocycles. The molecular weight excluding hydrogens is 429 g/mol. The van der Waals surface area contributed by atoms with Crippen LogP contribution < -0.4 is 5.32 Å². The number of aliphatic hydroxyl groups excluding tert-OH is 1. The Hall–Kier alpha value is -2.88. The number of esters is 1. The first-order valence-electron chi connectivity index (χ1n) is 9.97. The number of halogens is 3. The number of oxime groups is 1. The number of aliphatic hydroxyl groups is 1. The minimum absolute atomic E-state index is 0.0104. The molecule has 0 saturated heterocycles. The molecule has 1 aromatic carbocycles. The summed E-state index contributed by atoms with van der Waals surface area (Å²) in [6.45, 7) is 6.90. The molecule has 0 bridgehead atoms. The van der Waals surface area contributed by atoms with Gasteiger partial charge in [0, 0.05) is 29.5 Å². The first-order valence-corrected chi connectivity index (χ1v) is 9.97. The van der Waals surface area contributed by atoms with Crippen LogP contribution in [0.2, 0.25) is 0 Å². The van der Waals surface area contributed by atoms with Gasteiger partial charge in [0.25, 0.3) is 5.91 Å². The molecule has 0 aliphatic carbocycles. The van der Waals surface area contributed by atoms with E-state index in [0.29, 0.717) is 12.1 Å². The van der Waals surface area contributed by atoms with Crippen molar-refractivity contribution in [3.05, 3.63) is 47.0 Å². The van der Waals surface area contributed by atoms with Gasteiger partial charge in [-0.1, -0.05) is 25.6 Å². The van der Waals surface area contributed by atoms with Crippen LogP contribution in [0, 0.1) is 5.41 Å². The molecule has 1 amide bonds. The average molecular weight is 456 g/mol. The molecule has 1 aliphatic rings. The van der Waals surface area contributed by atoms with Crippen molar-refractivity contribution in [2.24, 2.45) is 10.6 Å². The Morgan fingerprint density at radius 3 is 2.62 bits per heavy atom. The molecule has 1 aromatic rings. The molecule has 1 atom stereocenters. The summed E-state index contributed by atoms with van der Waals surface area (Å²) in [7, 11) is 1.37. The highest BCUT2D eigenvalue weighted by atomic mass is 19.4. The molecule has 0 aromatic heterocycles. The number of benzene rings is 1. The quantitative estimate of drug-likeness (QED) is 0.405. The van der Waals surface area contributed by atoms with Gasteiger partial charge in [-0.2, -0.15) is 13.2 Å². The van der Waals surface area contributed by atoms with Crippen molar-refractivity contribution in [1.29, 1.82) is 0 Å². The van der Waals surface area contributed by atoms with Crippen LogP contribution in [0.25, 0.3) is 0 Å². The number of alkyl halides is 3. The van der Waals surface area contributed by atoms with Gasteiger partial charge in [-0.25, -0.2) is 4.79 Å². The highest BCUT2D eigenvalue weighted by molar-refractivity contribution is 5.97. The molecule has 2 rings (SSSR count). The fourth-order valence-electron chi connectivity index (χ4n) is 3.28. The lowest BCUT2D eigenvalue weighted by Crippen LogP contribution is -2.40. The monoisotopic (exact) mass is 456 g/mol. The Morgan fingerprint density at radius 1 is 1.34 bits per heavy atom. The van der Waals surface area contributed by atoms with Crippen molar-refractivity contribution in [2.75, 3.05) is 20.3 Å². The number of carbonyl (C=O) groups is 2. The van der Waals surface area contributed by atoms with Crippen molar-refractivity contribution < 1.29 is 37.4 Å². The Labute approximate surface area is 184 Å². The Kier molecular flexibility index (Phi) is 8.06. The second-order valence-electron chi connectivity index (χ2n) is 8.19. The molecule has 7 nitrogen and oxygen atoms in total. The summed E-state index contributed by atoms with van der Waals surface area (Å²) in [5, 5.41) is 16.4. The van der Waals surface area contributed by atoms with Crippen molar-refractivity contribution in [3.63, 3.8) is 0 Å². The number of rotatable bonds is 2. The van der Waals surface area contributed by atoms with Gasteiger partial charge in [-0.15, -0.1) is 0 Å². The number of fused-ring (bicyclic) bond motifs is 1. The number of hydrogen-bond donors (Lipinski definition) is 2. The number of cyclic esters (lactones) is 1. The molecule has 1 unspecified atom stereocenters. The zero-order chi connectivity index (χ0) is 24.1. The predicted molar refractivity (Wildman–Crippen MR) is 111 cm³/mol. The van der Waals surface area contributed by atoms with E-state index in [9.17, 15) is 27.9 Å². The van der Waals surface area contributed by atoms with Crippen LogP contribution in [0.4, 0.5) is 13.2 Å². The molecule has 32 heavy (non-hydrogen) atoms. The molecule has 0 saturated carbocycles. The predicted octanol–water partition coefficient (Wildman–Crippen LogP) is 3.26. The summed E-state index contributed by atoms with van der Waals surface area (Å²) in [6.07, 6.45) is -5.27. The van der Waals surface area contributed by atoms with Crippen LogP contribution in [0.15, 0.2) is 35.5 Å². The largest absolute Gasteiger partial charge is 0.457 e. The first kappa shape index (κ1) is 25.4. The molecular formula is C22H27F3N2O5. The number of ether oxygens (including phenoxy) is 1. The van der Waals surface area contributed by atoms with Crippen LogP contribution in [-0.4, -0.2) is 49.1 Å². The fourth-order valence-corrected chi connectivity index (χ4v) is 3.28. The maximum Gasteiger partial charge on any atom is 0.416 e. The minimum Gasteiger partial charge on any atom is -0.457 e. The Balaban J connectivity index is 2.51. The third kappa shape index (κ3) is 6.32. The van der Waals surface area contributed by atoms with Gasteiger partial charge in [-0.05, 0) is 36.6 Å². The number of hydrogen-bond acceptors (Lipinski definition) is 6. The van der Waals surface area contributed by atoms with Gasteiger partial charge in [0.2, 0.25) is 0 Å². The lowest BCUT2D eigenvalue weighted by molar-refractivity contribution is -0.146. The highest BCUT2D eigenvalue weighted by Gasteiger charge is 2.33. The van der Waals surface area contributed by atoms with E-state index in [1.54, 1.807) is 0 Å². The second kappa shape index (κ2) is 10.2. The van der Waals surface area contributed by atoms with E-state index in [1.807, 2.05) is 13.8 Å². The Bertz CT molecular complexity index is 909. The van der Waals surface area contributed by atoms with E-state index < -0.39 is 41.7 Å². The van der Waals surface area contributed by atoms with Crippen molar-refractivity contribution >= 4 is 17.6 Å². The molecule has 0 radical (unpaired) electrons. The van der Waals surface area contributed by atoms with Crippen molar-refractivity contribution in [1.82, 2.24) is 5.32 Å². The van der Waals surface area contributed by atoms with E-state index in [4.69, 9.17) is 9.57 Å². The van der Waals surface area contributed by atoms with Crippen LogP contribution in [0.3, 0.4) is 0 Å². The smallest absolute Gasteiger partial charge is 0.416 e. The van der Waals surface area contributed by atoms with E-state index in [0.717, 1.165) is 18.2 Å². The molecule has 1 heterocycles. The lowest BCUT2D eigenvalue weighted by atomic mass is 9.84. The normalized spacial score (nSPS) is 21.9. The van der Waals surface area contributed by atoms with Gasteiger partial charge in [-0.3, -0.25) is 4.79 Å². The second-order valence-corrected chi connectivity index (χ2v) is 8.19. The Morgan fingerprint density at radius 2 is 2.03 bits per heavy atom. The molecule has 0 fully saturated rings. The van der Waals surface area contributed by atoms with Gasteiger partial charge in [0.05, 0.1) is 17.9 Å². The zero-order valence-corrected chi connectivity index (χ0v) is 18.2. The zero-order valence-electron chi connectivity index (χ0n) is 18.2. The van der Waals surface area contributed by atoms with Crippen LogP contribution in [0.1, 0.15) is 48.2 Å². The summed E-state index contributed by atoms with van der Waals surface area (Å²) in [4.78, 5) is 30.2. The van der Waals surface area contributed by atoms with E-state index in [1.165, 1.54) is 7.11 Å². The summed E-state index contributed by atoms with van der Waals surface area (Å²) >= 11 is 0. The number of carbonyl (C=O) groups excluding carboxylic acids is 2. The maximum absolute atomic E-state index is 13.2. The molecule has 0 spiro atoms. The van der Waals surface area contributed by atoms with Gasteiger partial charge < -0.3 is 20.0 Å². The summed E-state index contributed by atoms with van der Waals surface area (Å²) in [6, 6.07) is 2.71. The summed E-state index contributed by atoms with van der Waals surface area (Å²) < 4.78 is 44.9. The SMILES string of the molecule is C=C1Cc2cc(C(F)(F)F)ccc2C(=O)NCC(C)(C)/C(=N/OC)CCC(CO)OC1=O. The summed E-state index contributed by atoms with van der Waals surface area (Å²) in [5.74, 6) is -1.46. The third-order valence-corrected chi connectivity index (χ3v) is 5.22. The van der Waals surface area contributed by atoms with Crippen molar-refractivity contribution in [3.8, 4) is 0 Å². The van der Waals surface area contributed by atoms with Crippen LogP contribution >= 0.6 is 0 Å². The van der Waals surface area contributed by atoms with Crippen LogP contribution in [0.5, 0.6) is 0 Å². The van der Waals surface area contributed by atoms with Gasteiger partial charge in [0.15, 0.2) is 0 Å².